The van der Waals surface area contributed by atoms with Gasteiger partial charge in [-0.2, -0.15) is 0 Å². The maximum atomic E-state index is 11.0. The van der Waals surface area contributed by atoms with E-state index >= 15 is 0 Å². The summed E-state index contributed by atoms with van der Waals surface area (Å²) < 4.78 is 21.5. The van der Waals surface area contributed by atoms with Crippen molar-refractivity contribution in [2.75, 3.05) is 47.4 Å². The van der Waals surface area contributed by atoms with Crippen LogP contribution < -0.4 is 5.73 Å². The highest BCUT2D eigenvalue weighted by molar-refractivity contribution is 7.33. The predicted molar refractivity (Wildman–Crippen MR) is 52.9 cm³/mol. The number of hydrogen-bond acceptors (Lipinski definition) is 4. The highest BCUT2D eigenvalue weighted by atomic mass is 31.1. The summed E-state index contributed by atoms with van der Waals surface area (Å²) in [6.45, 7) is 1.92. The maximum absolute atomic E-state index is 11.0. The zero-order chi connectivity index (χ0) is 10.3. The Balaban J connectivity index is 3.37. The number of quaternary nitrogens is 1. The molecule has 0 aliphatic rings. The van der Waals surface area contributed by atoms with Gasteiger partial charge in [-0.3, -0.25) is 4.57 Å². The Bertz CT molecular complexity index is 158. The minimum absolute atomic E-state index is 0.294. The average molecular weight is 211 g/mol. The van der Waals surface area contributed by atoms with Gasteiger partial charge in [0.25, 0.3) is 0 Å². The van der Waals surface area contributed by atoms with Crippen LogP contribution in [-0.4, -0.2) is 51.9 Å². The van der Waals surface area contributed by atoms with E-state index in [9.17, 15) is 4.57 Å². The molecule has 5 nitrogen and oxygen atoms in total. The molecule has 0 bridgehead atoms. The molecule has 0 amide bonds. The summed E-state index contributed by atoms with van der Waals surface area (Å²) in [6, 6.07) is 0. The Morgan fingerprint density at radius 3 is 2.23 bits per heavy atom. The third-order valence-corrected chi connectivity index (χ3v) is 2.20. The van der Waals surface area contributed by atoms with E-state index in [1.165, 1.54) is 0 Å². The van der Waals surface area contributed by atoms with Crippen LogP contribution in [0, 0.1) is 0 Å². The first kappa shape index (κ1) is 13.1. The first-order valence-electron chi connectivity index (χ1n) is 4.26. The van der Waals surface area contributed by atoms with Crippen LogP contribution >= 0.6 is 8.25 Å². The van der Waals surface area contributed by atoms with E-state index in [0.717, 1.165) is 11.0 Å². The number of nitrogens with zero attached hydrogens (tertiary/aromatic N) is 1. The SMILES string of the molecule is C[N+](C)(C)CCO[PH](=O)OCCN. The number of hydrogen-bond donors (Lipinski definition) is 1. The fourth-order valence-corrected chi connectivity index (χ4v) is 1.21. The van der Waals surface area contributed by atoms with Crippen molar-refractivity contribution in [1.29, 1.82) is 0 Å². The fraction of sp³-hybridized carbons (Fsp3) is 1.00. The zero-order valence-electron chi connectivity index (χ0n) is 8.58. The van der Waals surface area contributed by atoms with Gasteiger partial charge in [0, 0.05) is 6.54 Å². The Labute approximate surface area is 80.3 Å². The molecule has 2 N–H and O–H groups in total. The first-order chi connectivity index (χ1) is 5.95. The van der Waals surface area contributed by atoms with Gasteiger partial charge in [-0.05, 0) is 0 Å². The van der Waals surface area contributed by atoms with Gasteiger partial charge in [0.1, 0.15) is 13.2 Å². The maximum Gasteiger partial charge on any atom is 0.319 e. The van der Waals surface area contributed by atoms with Gasteiger partial charge in [-0.1, -0.05) is 0 Å². The molecule has 80 valence electrons. The van der Waals surface area contributed by atoms with E-state index in [-0.39, 0.29) is 0 Å². The molecule has 0 aliphatic heterocycles. The van der Waals surface area contributed by atoms with Crippen molar-refractivity contribution < 1.29 is 18.1 Å². The minimum atomic E-state index is -2.31. The van der Waals surface area contributed by atoms with Gasteiger partial charge >= 0.3 is 8.25 Å². The predicted octanol–water partition coefficient (Wildman–Crippen LogP) is 0.0742. The van der Waals surface area contributed by atoms with Crippen LogP contribution in [0.5, 0.6) is 0 Å². The van der Waals surface area contributed by atoms with Crippen molar-refractivity contribution in [2.24, 2.45) is 5.73 Å². The van der Waals surface area contributed by atoms with Gasteiger partial charge in [0.05, 0.1) is 27.7 Å². The van der Waals surface area contributed by atoms with Gasteiger partial charge in [0.15, 0.2) is 0 Å². The Hall–Kier alpha value is 0.0700. The van der Waals surface area contributed by atoms with Crippen LogP contribution in [-0.2, 0) is 13.6 Å². The molecule has 6 heteroatoms. The molecular weight excluding hydrogens is 191 g/mol. The molecule has 0 aromatic carbocycles. The molecule has 0 heterocycles. The van der Waals surface area contributed by atoms with E-state index < -0.39 is 8.25 Å². The van der Waals surface area contributed by atoms with Crippen LogP contribution in [0.3, 0.4) is 0 Å². The third-order valence-electron chi connectivity index (χ3n) is 1.32. The largest absolute Gasteiger partial charge is 0.329 e. The summed E-state index contributed by atoms with van der Waals surface area (Å²) in [5.74, 6) is 0. The Kier molecular flexibility index (Phi) is 6.55. The van der Waals surface area contributed by atoms with Crippen LogP contribution in [0.25, 0.3) is 0 Å². The van der Waals surface area contributed by atoms with Crippen molar-refractivity contribution in [3.63, 3.8) is 0 Å². The van der Waals surface area contributed by atoms with Gasteiger partial charge < -0.3 is 19.3 Å². The summed E-state index contributed by atoms with van der Waals surface area (Å²) in [6.07, 6.45) is 0. The summed E-state index contributed by atoms with van der Waals surface area (Å²) in [7, 11) is 3.81. The van der Waals surface area contributed by atoms with Crippen molar-refractivity contribution in [2.45, 2.75) is 0 Å². The minimum Gasteiger partial charge on any atom is -0.329 e. The third kappa shape index (κ3) is 9.99. The van der Waals surface area contributed by atoms with Crippen molar-refractivity contribution in [3.05, 3.63) is 0 Å². The second kappa shape index (κ2) is 6.51. The van der Waals surface area contributed by atoms with Crippen molar-refractivity contribution in [1.82, 2.24) is 0 Å². The van der Waals surface area contributed by atoms with E-state index in [0.29, 0.717) is 19.8 Å². The van der Waals surface area contributed by atoms with Gasteiger partial charge in [0.2, 0.25) is 0 Å². The second-order valence-electron chi connectivity index (χ2n) is 3.75. The molecule has 0 saturated carbocycles. The van der Waals surface area contributed by atoms with Crippen LogP contribution in [0.1, 0.15) is 0 Å². The van der Waals surface area contributed by atoms with Crippen LogP contribution in [0.2, 0.25) is 0 Å². The highest BCUT2D eigenvalue weighted by Crippen LogP contribution is 2.22. The van der Waals surface area contributed by atoms with Crippen LogP contribution in [0.4, 0.5) is 0 Å². The summed E-state index contributed by atoms with van der Waals surface area (Å²) >= 11 is 0. The standard InChI is InChI=1S/C7H20N2O3P/c1-9(2,3)5-7-12-13(10)11-6-4-8/h13H,4-8H2,1-3H3/q+1. The molecule has 0 aliphatic carbocycles. The Morgan fingerprint density at radius 2 is 1.77 bits per heavy atom. The lowest BCUT2D eigenvalue weighted by Crippen LogP contribution is -2.37. The molecular formula is C7H20N2O3P+. The molecule has 0 fully saturated rings. The van der Waals surface area contributed by atoms with E-state index in [1.54, 1.807) is 0 Å². The van der Waals surface area contributed by atoms with E-state index in [1.807, 2.05) is 21.1 Å². The molecule has 0 aromatic rings. The van der Waals surface area contributed by atoms with Gasteiger partial charge in [-0.25, -0.2) is 0 Å². The quantitative estimate of drug-likeness (QED) is 0.478. The van der Waals surface area contributed by atoms with Crippen LogP contribution in [0.15, 0.2) is 0 Å². The summed E-state index contributed by atoms with van der Waals surface area (Å²) in [4.78, 5) is 0. The van der Waals surface area contributed by atoms with E-state index in [4.69, 9.17) is 14.8 Å². The first-order valence-corrected chi connectivity index (χ1v) is 5.48. The normalized spacial score (nSPS) is 14.5. The molecule has 1 atom stereocenters. The molecule has 0 rings (SSSR count). The summed E-state index contributed by atoms with van der Waals surface area (Å²) in [5.41, 5.74) is 5.17. The molecule has 0 spiro atoms. The summed E-state index contributed by atoms with van der Waals surface area (Å²) in [5, 5.41) is 0. The van der Waals surface area contributed by atoms with E-state index in [2.05, 4.69) is 0 Å². The topological polar surface area (TPSA) is 61.5 Å². The lowest BCUT2D eigenvalue weighted by molar-refractivity contribution is -0.870. The molecule has 13 heavy (non-hydrogen) atoms. The number of likely N-dealkylation sites (N-methyl/N-ethyl adjacent to an activating group) is 1. The average Bonchev–Trinajstić information content (AvgIpc) is 1.98. The number of rotatable bonds is 7. The van der Waals surface area contributed by atoms with Crippen molar-refractivity contribution in [3.8, 4) is 0 Å². The van der Waals surface area contributed by atoms with Gasteiger partial charge in [-0.15, -0.1) is 0 Å². The fourth-order valence-electron chi connectivity index (χ4n) is 0.587. The monoisotopic (exact) mass is 211 g/mol. The highest BCUT2D eigenvalue weighted by Gasteiger charge is 2.07. The zero-order valence-corrected chi connectivity index (χ0v) is 9.58. The number of nitrogens with two attached hydrogens (primary N) is 1. The smallest absolute Gasteiger partial charge is 0.319 e. The molecule has 0 aromatic heterocycles. The lowest BCUT2D eigenvalue weighted by atomic mass is 10.5. The lowest BCUT2D eigenvalue weighted by Gasteiger charge is -2.23. The van der Waals surface area contributed by atoms with Crippen molar-refractivity contribution >= 4 is 8.25 Å². The molecule has 1 unspecified atom stereocenters. The molecule has 0 saturated heterocycles. The second-order valence-corrected chi connectivity index (χ2v) is 4.83. The molecule has 0 radical (unpaired) electrons. The Morgan fingerprint density at radius 1 is 1.23 bits per heavy atom.